The molecule has 0 spiro atoms. The molecule has 25 heavy (non-hydrogen) atoms. The molecule has 0 aliphatic heterocycles. The number of halogens is 6. The fourth-order valence-electron chi connectivity index (χ4n) is 2.06. The molecule has 0 saturated carbocycles. The summed E-state index contributed by atoms with van der Waals surface area (Å²) in [5.41, 5.74) is 0.473. The Morgan fingerprint density at radius 1 is 0.920 bits per heavy atom. The van der Waals surface area contributed by atoms with Gasteiger partial charge in [-0.15, -0.1) is 5.10 Å². The number of benzene rings is 2. The van der Waals surface area contributed by atoms with Crippen LogP contribution in [0.1, 0.15) is 5.56 Å². The third kappa shape index (κ3) is 4.03. The Morgan fingerprint density at radius 2 is 1.52 bits per heavy atom. The minimum atomic E-state index is -4.56. The number of aromatic amines is 1. The number of hydrogen-bond acceptors (Lipinski definition) is 2. The zero-order valence-electron chi connectivity index (χ0n) is 12.2. The van der Waals surface area contributed by atoms with Gasteiger partial charge in [-0.1, -0.05) is 46.9 Å². The van der Waals surface area contributed by atoms with Gasteiger partial charge in [-0.05, 0) is 29.8 Å². The standard InChI is InChI=1S/C16H8Cl3F3N2O/c17-10-3-1-8(2-4-10)13-7-14(24-23-13)25-15-11(18)5-9(6-12(15)19)16(20,21)22/h1-7H,(H,23,24). The number of aromatic nitrogens is 2. The molecule has 0 radical (unpaired) electrons. The van der Waals surface area contributed by atoms with E-state index in [9.17, 15) is 13.2 Å². The third-order valence-electron chi connectivity index (χ3n) is 3.24. The Balaban J connectivity index is 1.87. The average Bonchev–Trinajstić information content (AvgIpc) is 2.99. The van der Waals surface area contributed by atoms with Crippen molar-refractivity contribution in [2.24, 2.45) is 0 Å². The molecular formula is C16H8Cl3F3N2O. The maximum atomic E-state index is 12.7. The van der Waals surface area contributed by atoms with Crippen molar-refractivity contribution in [1.29, 1.82) is 0 Å². The molecule has 3 nitrogen and oxygen atoms in total. The molecule has 0 saturated heterocycles. The van der Waals surface area contributed by atoms with E-state index in [4.69, 9.17) is 39.5 Å². The van der Waals surface area contributed by atoms with Gasteiger partial charge in [-0.2, -0.15) is 13.2 Å². The monoisotopic (exact) mass is 406 g/mol. The van der Waals surface area contributed by atoms with E-state index in [1.165, 1.54) is 0 Å². The van der Waals surface area contributed by atoms with Crippen LogP contribution < -0.4 is 4.74 Å². The van der Waals surface area contributed by atoms with Gasteiger partial charge in [-0.3, -0.25) is 5.10 Å². The Hall–Kier alpha value is -1.89. The number of ether oxygens (including phenoxy) is 1. The number of alkyl halides is 3. The van der Waals surface area contributed by atoms with E-state index >= 15 is 0 Å². The molecule has 0 aliphatic carbocycles. The van der Waals surface area contributed by atoms with Crippen LogP contribution in [0.5, 0.6) is 11.6 Å². The maximum Gasteiger partial charge on any atom is 0.416 e. The molecule has 3 aromatic rings. The lowest BCUT2D eigenvalue weighted by Gasteiger charge is -2.11. The summed E-state index contributed by atoms with van der Waals surface area (Å²) in [6.45, 7) is 0. The highest BCUT2D eigenvalue weighted by atomic mass is 35.5. The quantitative estimate of drug-likeness (QED) is 0.515. The van der Waals surface area contributed by atoms with Crippen LogP contribution >= 0.6 is 34.8 Å². The lowest BCUT2D eigenvalue weighted by Crippen LogP contribution is -2.05. The summed E-state index contributed by atoms with van der Waals surface area (Å²) in [4.78, 5) is 0. The molecule has 1 heterocycles. The van der Waals surface area contributed by atoms with Crippen molar-refractivity contribution >= 4 is 34.8 Å². The van der Waals surface area contributed by atoms with Crippen molar-refractivity contribution in [3.8, 4) is 22.9 Å². The summed E-state index contributed by atoms with van der Waals surface area (Å²) in [5, 5.41) is 6.75. The molecule has 9 heteroatoms. The van der Waals surface area contributed by atoms with Gasteiger partial charge in [0.2, 0.25) is 5.88 Å². The molecule has 1 N–H and O–H groups in total. The molecule has 3 rings (SSSR count). The first kappa shape index (κ1) is 17.9. The Bertz CT molecular complexity index is 885. The highest BCUT2D eigenvalue weighted by molar-refractivity contribution is 6.37. The number of H-pyrrole nitrogens is 1. The topological polar surface area (TPSA) is 37.9 Å². The Kier molecular flexibility index (Phi) is 4.86. The summed E-state index contributed by atoms with van der Waals surface area (Å²) in [5.74, 6) is -0.000928. The number of hydrogen-bond donors (Lipinski definition) is 1. The van der Waals surface area contributed by atoms with Crippen LogP contribution in [-0.2, 0) is 6.18 Å². The van der Waals surface area contributed by atoms with Crippen molar-refractivity contribution < 1.29 is 17.9 Å². The van der Waals surface area contributed by atoms with E-state index in [1.807, 2.05) is 0 Å². The number of rotatable bonds is 3. The zero-order chi connectivity index (χ0) is 18.2. The Morgan fingerprint density at radius 3 is 2.08 bits per heavy atom. The summed E-state index contributed by atoms with van der Waals surface area (Å²) >= 11 is 17.6. The van der Waals surface area contributed by atoms with Crippen molar-refractivity contribution in [3.05, 3.63) is 63.1 Å². The van der Waals surface area contributed by atoms with Crippen LogP contribution in [-0.4, -0.2) is 10.2 Å². The highest BCUT2D eigenvalue weighted by Crippen LogP contribution is 2.41. The van der Waals surface area contributed by atoms with E-state index in [-0.39, 0.29) is 21.7 Å². The molecule has 0 bridgehead atoms. The van der Waals surface area contributed by atoms with Gasteiger partial charge in [0.25, 0.3) is 0 Å². The van der Waals surface area contributed by atoms with Gasteiger partial charge in [-0.25, -0.2) is 0 Å². The predicted octanol–water partition coefficient (Wildman–Crippen LogP) is 6.85. The van der Waals surface area contributed by atoms with Crippen LogP contribution in [0.3, 0.4) is 0 Å². The number of nitrogens with zero attached hydrogens (tertiary/aromatic N) is 1. The molecule has 2 aromatic carbocycles. The van der Waals surface area contributed by atoms with Crippen LogP contribution in [0.25, 0.3) is 11.3 Å². The van der Waals surface area contributed by atoms with E-state index < -0.39 is 11.7 Å². The molecule has 0 aliphatic rings. The van der Waals surface area contributed by atoms with Crippen molar-refractivity contribution in [2.75, 3.05) is 0 Å². The van der Waals surface area contributed by atoms with Gasteiger partial charge in [0.15, 0.2) is 5.75 Å². The first-order valence-electron chi connectivity index (χ1n) is 6.79. The smallest absolute Gasteiger partial charge is 0.416 e. The number of nitrogens with one attached hydrogen (secondary N) is 1. The molecule has 0 fully saturated rings. The highest BCUT2D eigenvalue weighted by Gasteiger charge is 2.32. The minimum absolute atomic E-state index is 0.105. The summed E-state index contributed by atoms with van der Waals surface area (Å²) in [7, 11) is 0. The van der Waals surface area contributed by atoms with Crippen molar-refractivity contribution in [3.63, 3.8) is 0 Å². The fourth-order valence-corrected chi connectivity index (χ4v) is 2.75. The average molecular weight is 408 g/mol. The van der Waals surface area contributed by atoms with Crippen LogP contribution in [0.2, 0.25) is 15.1 Å². The molecular weight excluding hydrogens is 400 g/mol. The molecule has 1 aromatic heterocycles. The van der Waals surface area contributed by atoms with Crippen molar-refractivity contribution in [1.82, 2.24) is 10.2 Å². The summed E-state index contributed by atoms with van der Waals surface area (Å²) < 4.78 is 43.7. The van der Waals surface area contributed by atoms with Gasteiger partial charge < -0.3 is 4.74 Å². The first-order chi connectivity index (χ1) is 11.7. The van der Waals surface area contributed by atoms with Crippen molar-refractivity contribution in [2.45, 2.75) is 6.18 Å². The molecule has 0 atom stereocenters. The molecule has 130 valence electrons. The second-order valence-electron chi connectivity index (χ2n) is 5.00. The van der Waals surface area contributed by atoms with Gasteiger partial charge in [0, 0.05) is 11.1 Å². The fraction of sp³-hybridized carbons (Fsp3) is 0.0625. The van der Waals surface area contributed by atoms with Crippen LogP contribution in [0.15, 0.2) is 42.5 Å². The third-order valence-corrected chi connectivity index (χ3v) is 4.06. The SMILES string of the molecule is FC(F)(F)c1cc(Cl)c(Oc2cc(-c3ccc(Cl)cc3)[nH]n2)c(Cl)c1. The second-order valence-corrected chi connectivity index (χ2v) is 6.25. The normalized spacial score (nSPS) is 11.6. The van der Waals surface area contributed by atoms with E-state index in [0.29, 0.717) is 10.7 Å². The Labute approximate surface area is 155 Å². The van der Waals surface area contributed by atoms with Gasteiger partial charge in [0.05, 0.1) is 21.3 Å². The maximum absolute atomic E-state index is 12.7. The van der Waals surface area contributed by atoms with Crippen LogP contribution in [0, 0.1) is 0 Å². The minimum Gasteiger partial charge on any atom is -0.434 e. The summed E-state index contributed by atoms with van der Waals surface area (Å²) in [6.07, 6.45) is -4.56. The van der Waals surface area contributed by atoms with Crippen LogP contribution in [0.4, 0.5) is 13.2 Å². The second kappa shape index (κ2) is 6.78. The lowest BCUT2D eigenvalue weighted by molar-refractivity contribution is -0.137. The largest absolute Gasteiger partial charge is 0.434 e. The first-order valence-corrected chi connectivity index (χ1v) is 7.93. The van der Waals surface area contributed by atoms with E-state index in [1.54, 1.807) is 30.3 Å². The molecule has 0 amide bonds. The van der Waals surface area contributed by atoms with E-state index in [2.05, 4.69) is 10.2 Å². The lowest BCUT2D eigenvalue weighted by atomic mass is 10.1. The molecule has 0 unspecified atom stereocenters. The predicted molar refractivity (Wildman–Crippen MR) is 90.6 cm³/mol. The zero-order valence-corrected chi connectivity index (χ0v) is 14.4. The van der Waals surface area contributed by atoms with E-state index in [0.717, 1.165) is 17.7 Å². The van der Waals surface area contributed by atoms with Gasteiger partial charge in [0.1, 0.15) is 0 Å². The van der Waals surface area contributed by atoms with Gasteiger partial charge >= 0.3 is 6.18 Å². The summed E-state index contributed by atoms with van der Waals surface area (Å²) in [6, 6.07) is 10.0.